The minimum Gasteiger partial charge on any atom is -0.369 e. The van der Waals surface area contributed by atoms with Crippen LogP contribution in [0.4, 0.5) is 0 Å². The fraction of sp³-hybridized carbons (Fsp3) is 0.667. The van der Waals surface area contributed by atoms with Crippen LogP contribution in [0, 0.1) is 11.8 Å². The number of carbonyl (C=O) groups is 1. The van der Waals surface area contributed by atoms with Gasteiger partial charge in [-0.2, -0.15) is 0 Å². The summed E-state index contributed by atoms with van der Waals surface area (Å²) in [7, 11) is 0. The topological polar surface area (TPSA) is 69.1 Å². The van der Waals surface area contributed by atoms with Gasteiger partial charge in [0, 0.05) is 6.54 Å². The third-order valence-corrected chi connectivity index (χ3v) is 1.60. The van der Waals surface area contributed by atoms with Gasteiger partial charge in [-0.15, -0.1) is 0 Å². The van der Waals surface area contributed by atoms with Crippen molar-refractivity contribution >= 4 is 5.91 Å². The van der Waals surface area contributed by atoms with Crippen molar-refractivity contribution in [3.8, 4) is 0 Å². The largest absolute Gasteiger partial charge is 0.369 e. The Morgan fingerprint density at radius 1 is 1.50 bits per heavy atom. The maximum atomic E-state index is 10.9. The quantitative estimate of drug-likeness (QED) is 0.595. The van der Waals surface area contributed by atoms with E-state index in [2.05, 4.69) is 13.8 Å². The first-order valence-corrected chi connectivity index (χ1v) is 4.24. The van der Waals surface area contributed by atoms with Crippen molar-refractivity contribution in [2.75, 3.05) is 6.54 Å². The second-order valence-corrected chi connectivity index (χ2v) is 3.30. The smallest absolute Gasteiger partial charge is 0.224 e. The van der Waals surface area contributed by atoms with Crippen LogP contribution < -0.4 is 11.5 Å². The van der Waals surface area contributed by atoms with Crippen LogP contribution in [0.5, 0.6) is 0 Å². The molecule has 0 heterocycles. The van der Waals surface area contributed by atoms with E-state index in [-0.39, 0.29) is 11.8 Å². The molecule has 0 fully saturated rings. The summed E-state index contributed by atoms with van der Waals surface area (Å²) in [6.07, 6.45) is 4.37. The first-order valence-electron chi connectivity index (χ1n) is 4.24. The summed E-state index contributed by atoms with van der Waals surface area (Å²) in [6, 6.07) is 0. The highest BCUT2D eigenvalue weighted by Crippen LogP contribution is 2.12. The molecule has 0 aromatic rings. The van der Waals surface area contributed by atoms with E-state index in [1.807, 2.05) is 0 Å². The van der Waals surface area contributed by atoms with E-state index in [9.17, 15) is 4.79 Å². The zero-order chi connectivity index (χ0) is 9.56. The van der Waals surface area contributed by atoms with Gasteiger partial charge in [-0.1, -0.05) is 26.0 Å². The van der Waals surface area contributed by atoms with Gasteiger partial charge < -0.3 is 11.5 Å². The third-order valence-electron chi connectivity index (χ3n) is 1.60. The number of nitrogens with two attached hydrogens (primary N) is 2. The van der Waals surface area contributed by atoms with Gasteiger partial charge in [-0.25, -0.2) is 0 Å². The van der Waals surface area contributed by atoms with Gasteiger partial charge in [0.15, 0.2) is 0 Å². The summed E-state index contributed by atoms with van der Waals surface area (Å²) in [5.41, 5.74) is 10.5. The van der Waals surface area contributed by atoms with Crippen LogP contribution >= 0.6 is 0 Å². The fourth-order valence-electron chi connectivity index (χ4n) is 1.04. The van der Waals surface area contributed by atoms with Crippen LogP contribution in [0.25, 0.3) is 0 Å². The molecule has 0 spiro atoms. The molecule has 3 nitrogen and oxygen atoms in total. The Morgan fingerprint density at radius 3 is 2.42 bits per heavy atom. The summed E-state index contributed by atoms with van der Waals surface area (Å²) < 4.78 is 0. The monoisotopic (exact) mass is 170 g/mol. The second-order valence-electron chi connectivity index (χ2n) is 3.30. The number of carbonyl (C=O) groups excluding carboxylic acids is 1. The van der Waals surface area contributed by atoms with Crippen molar-refractivity contribution in [3.63, 3.8) is 0 Å². The van der Waals surface area contributed by atoms with Crippen molar-refractivity contribution in [2.24, 2.45) is 23.3 Å². The Bertz CT molecular complexity index is 164. The Hall–Kier alpha value is -0.830. The number of rotatable bonds is 5. The van der Waals surface area contributed by atoms with Crippen molar-refractivity contribution < 1.29 is 4.79 Å². The maximum Gasteiger partial charge on any atom is 0.224 e. The van der Waals surface area contributed by atoms with Crippen molar-refractivity contribution in [3.05, 3.63) is 12.2 Å². The minimum atomic E-state index is -0.270. The zero-order valence-corrected chi connectivity index (χ0v) is 7.79. The standard InChI is InChI=1S/C9H18N2O/c1-7(2)6-8(9(11)12)4-3-5-10/h3-4,7-8H,5-6,10H2,1-2H3,(H2,11,12)/b4-3+/t8-/m0/s1. The molecule has 70 valence electrons. The molecule has 0 aliphatic heterocycles. The summed E-state index contributed by atoms with van der Waals surface area (Å²) >= 11 is 0. The molecule has 12 heavy (non-hydrogen) atoms. The summed E-state index contributed by atoms with van der Waals surface area (Å²) in [4.78, 5) is 10.9. The van der Waals surface area contributed by atoms with E-state index in [1.54, 1.807) is 12.2 Å². The van der Waals surface area contributed by atoms with Crippen LogP contribution in [0.1, 0.15) is 20.3 Å². The molecular formula is C9H18N2O. The van der Waals surface area contributed by atoms with Gasteiger partial charge in [0.25, 0.3) is 0 Å². The Labute approximate surface area is 73.8 Å². The molecule has 0 aromatic carbocycles. The molecule has 0 aliphatic carbocycles. The number of amides is 1. The van der Waals surface area contributed by atoms with Crippen molar-refractivity contribution in [1.82, 2.24) is 0 Å². The lowest BCUT2D eigenvalue weighted by atomic mass is 9.96. The summed E-state index contributed by atoms with van der Waals surface area (Å²) in [6.45, 7) is 4.58. The Morgan fingerprint density at radius 2 is 2.08 bits per heavy atom. The number of hydrogen-bond acceptors (Lipinski definition) is 2. The van der Waals surface area contributed by atoms with E-state index in [1.165, 1.54) is 0 Å². The van der Waals surface area contributed by atoms with Crippen molar-refractivity contribution in [2.45, 2.75) is 20.3 Å². The van der Waals surface area contributed by atoms with Crippen LogP contribution in [-0.2, 0) is 4.79 Å². The first kappa shape index (κ1) is 11.2. The highest BCUT2D eigenvalue weighted by molar-refractivity contribution is 5.78. The van der Waals surface area contributed by atoms with Gasteiger partial charge >= 0.3 is 0 Å². The van der Waals surface area contributed by atoms with E-state index in [0.29, 0.717) is 12.5 Å². The summed E-state index contributed by atoms with van der Waals surface area (Å²) in [5, 5.41) is 0. The molecule has 0 saturated carbocycles. The van der Waals surface area contributed by atoms with Gasteiger partial charge in [-0.3, -0.25) is 4.79 Å². The van der Waals surface area contributed by atoms with Crippen LogP contribution in [-0.4, -0.2) is 12.5 Å². The van der Waals surface area contributed by atoms with Gasteiger partial charge in [-0.05, 0) is 12.3 Å². The molecule has 0 saturated heterocycles. The Kier molecular flexibility index (Phi) is 5.37. The van der Waals surface area contributed by atoms with E-state index in [0.717, 1.165) is 6.42 Å². The molecule has 0 aromatic heterocycles. The molecule has 0 radical (unpaired) electrons. The predicted octanol–water partition coefficient (Wildman–Crippen LogP) is 0.649. The highest BCUT2D eigenvalue weighted by atomic mass is 16.1. The van der Waals surface area contributed by atoms with E-state index >= 15 is 0 Å². The number of hydrogen-bond donors (Lipinski definition) is 2. The molecule has 4 N–H and O–H groups in total. The predicted molar refractivity (Wildman–Crippen MR) is 50.3 cm³/mol. The normalized spacial score (nSPS) is 14.0. The van der Waals surface area contributed by atoms with Crippen LogP contribution in [0.15, 0.2) is 12.2 Å². The van der Waals surface area contributed by atoms with Crippen molar-refractivity contribution in [1.29, 1.82) is 0 Å². The Balaban J connectivity index is 4.04. The highest BCUT2D eigenvalue weighted by Gasteiger charge is 2.12. The average molecular weight is 170 g/mol. The molecule has 0 rings (SSSR count). The second kappa shape index (κ2) is 5.77. The molecule has 0 bridgehead atoms. The lowest BCUT2D eigenvalue weighted by Gasteiger charge is -2.10. The molecule has 0 aliphatic rings. The molecule has 3 heteroatoms. The zero-order valence-electron chi connectivity index (χ0n) is 7.79. The molecule has 1 amide bonds. The molecular weight excluding hydrogens is 152 g/mol. The lowest BCUT2D eigenvalue weighted by Crippen LogP contribution is -2.23. The van der Waals surface area contributed by atoms with E-state index < -0.39 is 0 Å². The van der Waals surface area contributed by atoms with Gasteiger partial charge in [0.05, 0.1) is 5.92 Å². The number of primary amides is 1. The maximum absolute atomic E-state index is 10.9. The lowest BCUT2D eigenvalue weighted by molar-refractivity contribution is -0.120. The van der Waals surface area contributed by atoms with Crippen LogP contribution in [0.2, 0.25) is 0 Å². The van der Waals surface area contributed by atoms with Gasteiger partial charge in [0.1, 0.15) is 0 Å². The average Bonchev–Trinajstić information content (AvgIpc) is 1.96. The molecule has 1 atom stereocenters. The van der Waals surface area contributed by atoms with E-state index in [4.69, 9.17) is 11.5 Å². The van der Waals surface area contributed by atoms with Gasteiger partial charge in [0.2, 0.25) is 5.91 Å². The fourth-order valence-corrected chi connectivity index (χ4v) is 1.04. The van der Waals surface area contributed by atoms with Crippen LogP contribution in [0.3, 0.4) is 0 Å². The summed E-state index contributed by atoms with van der Waals surface area (Å²) in [5.74, 6) is 0.0480. The third kappa shape index (κ3) is 4.91. The SMILES string of the molecule is CC(C)C[C@H](/C=C/CN)C(N)=O. The molecule has 0 unspecified atom stereocenters. The minimum absolute atomic E-state index is 0.159. The first-order chi connectivity index (χ1) is 5.57.